The zero-order valence-corrected chi connectivity index (χ0v) is 14.0. The van der Waals surface area contributed by atoms with E-state index in [0.717, 1.165) is 16.8 Å². The van der Waals surface area contributed by atoms with Gasteiger partial charge in [-0.05, 0) is 11.6 Å². The van der Waals surface area contributed by atoms with E-state index in [1.165, 1.54) is 26.6 Å². The molecule has 0 unspecified atom stereocenters. The van der Waals surface area contributed by atoms with Crippen LogP contribution in [0.4, 0.5) is 0 Å². The van der Waals surface area contributed by atoms with Gasteiger partial charge in [0.25, 0.3) is 0 Å². The van der Waals surface area contributed by atoms with Gasteiger partial charge in [0.2, 0.25) is 0 Å². The molecular formula is C13H11NS5. The smallest absolute Gasteiger partial charge is 0.0702 e. The molecule has 0 bridgehead atoms. The van der Waals surface area contributed by atoms with Gasteiger partial charge >= 0.3 is 0 Å². The Bertz CT molecular complexity index is 622. The number of hydrogen-bond donors (Lipinski definition) is 0. The molecule has 1 aromatic heterocycles. The van der Waals surface area contributed by atoms with E-state index in [4.69, 9.17) is 0 Å². The Morgan fingerprint density at radius 1 is 1.00 bits per heavy atom. The summed E-state index contributed by atoms with van der Waals surface area (Å²) in [6.45, 7) is 3.69. The van der Waals surface area contributed by atoms with Crippen LogP contribution in [0.5, 0.6) is 0 Å². The second kappa shape index (κ2) is 10.1. The maximum absolute atomic E-state index is 4.44. The molecule has 0 atom stereocenters. The normalized spacial score (nSPS) is 8.63. The lowest BCUT2D eigenvalue weighted by atomic mass is 10.1. The molecule has 2 aromatic rings. The van der Waals surface area contributed by atoms with E-state index in [1.54, 1.807) is 6.08 Å². The van der Waals surface area contributed by atoms with E-state index < -0.39 is 0 Å². The lowest BCUT2D eigenvalue weighted by Gasteiger charge is -2.00. The van der Waals surface area contributed by atoms with Crippen LogP contribution in [0, 0.1) is 0 Å². The lowest BCUT2D eigenvalue weighted by Crippen LogP contribution is -1.82. The van der Waals surface area contributed by atoms with Gasteiger partial charge in [-0.15, -0.1) is 0 Å². The number of rotatable bonds is 2. The minimum atomic E-state index is 0.996. The van der Waals surface area contributed by atoms with Crippen molar-refractivity contribution >= 4 is 55.1 Å². The van der Waals surface area contributed by atoms with Gasteiger partial charge in [-0.1, -0.05) is 49.1 Å². The molecule has 1 heterocycles. The highest BCUT2D eigenvalue weighted by Gasteiger charge is 1.96. The van der Waals surface area contributed by atoms with Crippen molar-refractivity contribution in [1.82, 2.24) is 4.98 Å². The third-order valence-corrected chi connectivity index (χ3v) is 6.59. The van der Waals surface area contributed by atoms with Gasteiger partial charge < -0.3 is 0 Å². The van der Waals surface area contributed by atoms with Gasteiger partial charge in [0, 0.05) is 60.8 Å². The van der Waals surface area contributed by atoms with E-state index in [2.05, 4.69) is 46.1 Å². The summed E-state index contributed by atoms with van der Waals surface area (Å²) in [7, 11) is 3.95. The summed E-state index contributed by atoms with van der Waals surface area (Å²) in [5.74, 6) is 0. The predicted molar refractivity (Wildman–Crippen MR) is 96.6 cm³/mol. The van der Waals surface area contributed by atoms with Gasteiger partial charge in [0.15, 0.2) is 0 Å². The van der Waals surface area contributed by atoms with Crippen molar-refractivity contribution in [1.29, 1.82) is 0 Å². The zero-order valence-electron chi connectivity index (χ0n) is 9.89. The van der Waals surface area contributed by atoms with Crippen LogP contribution < -0.4 is 0 Å². The van der Waals surface area contributed by atoms with E-state index in [9.17, 15) is 0 Å². The molecule has 0 amide bonds. The molecule has 19 heavy (non-hydrogen) atoms. The summed E-state index contributed by atoms with van der Waals surface area (Å²) < 4.78 is 0. The molecule has 6 heteroatoms. The SMILES string of the molecule is C=Cc1ccc(-c2ccccc2)nc1.S=S=S=S=S. The van der Waals surface area contributed by atoms with Crippen LogP contribution in [-0.2, 0) is 49.0 Å². The molecule has 1 aromatic carbocycles. The van der Waals surface area contributed by atoms with Crippen molar-refractivity contribution in [2.24, 2.45) is 0 Å². The van der Waals surface area contributed by atoms with Gasteiger partial charge in [0.1, 0.15) is 0 Å². The molecule has 0 spiro atoms. The van der Waals surface area contributed by atoms with Crippen molar-refractivity contribution in [2.75, 3.05) is 0 Å². The highest BCUT2D eigenvalue weighted by molar-refractivity contribution is 8.59. The molecule has 0 aliphatic carbocycles. The standard InChI is InChI=1S/C13H11N.S5/c1-2-11-8-9-13(14-10-11)12-6-4-3-5-7-12;1-3-5-4-2/h2-10H,1H2;. The molecule has 2 rings (SSSR count). The largest absolute Gasteiger partial charge is 0.256 e. The zero-order chi connectivity index (χ0) is 13.9. The van der Waals surface area contributed by atoms with Gasteiger partial charge in [-0.2, -0.15) is 0 Å². The number of aromatic nitrogens is 1. The summed E-state index contributed by atoms with van der Waals surface area (Å²) in [4.78, 5) is 4.35. The molecule has 0 N–H and O–H groups in total. The minimum absolute atomic E-state index is 0.996. The average molecular weight is 342 g/mol. The maximum Gasteiger partial charge on any atom is 0.0702 e. The second-order valence-corrected chi connectivity index (χ2v) is 8.56. The van der Waals surface area contributed by atoms with Crippen LogP contribution in [0.25, 0.3) is 17.3 Å². The van der Waals surface area contributed by atoms with Crippen molar-refractivity contribution in [3.63, 3.8) is 0 Å². The van der Waals surface area contributed by atoms with E-state index in [0.29, 0.717) is 0 Å². The summed E-state index contributed by atoms with van der Waals surface area (Å²) in [6.07, 6.45) is 3.62. The predicted octanol–water partition coefficient (Wildman–Crippen LogP) is 3.38. The minimum Gasteiger partial charge on any atom is -0.256 e. The van der Waals surface area contributed by atoms with Crippen LogP contribution in [-0.4, -0.2) is 4.98 Å². The first kappa shape index (κ1) is 16.3. The van der Waals surface area contributed by atoms with Gasteiger partial charge in [-0.25, -0.2) is 0 Å². The molecular weight excluding hydrogens is 330 g/mol. The highest BCUT2D eigenvalue weighted by atomic mass is 33.3. The summed E-state index contributed by atoms with van der Waals surface area (Å²) in [5.41, 5.74) is 3.18. The highest BCUT2D eigenvalue weighted by Crippen LogP contribution is 2.16. The molecule has 0 aliphatic rings. The van der Waals surface area contributed by atoms with Crippen molar-refractivity contribution in [3.05, 3.63) is 60.8 Å². The van der Waals surface area contributed by atoms with Crippen molar-refractivity contribution in [3.8, 4) is 11.3 Å². The fourth-order valence-electron chi connectivity index (χ4n) is 1.32. The van der Waals surface area contributed by atoms with E-state index in [-0.39, 0.29) is 0 Å². The molecule has 0 fully saturated rings. The van der Waals surface area contributed by atoms with Crippen molar-refractivity contribution in [2.45, 2.75) is 0 Å². The van der Waals surface area contributed by atoms with Crippen LogP contribution in [0.3, 0.4) is 0 Å². The summed E-state index contributed by atoms with van der Waals surface area (Å²) in [6, 6.07) is 14.2. The van der Waals surface area contributed by atoms with Crippen LogP contribution in [0.15, 0.2) is 55.2 Å². The molecule has 0 aliphatic heterocycles. The third kappa shape index (κ3) is 6.26. The van der Waals surface area contributed by atoms with Crippen LogP contribution in [0.1, 0.15) is 5.56 Å². The fourth-order valence-corrected chi connectivity index (χ4v) is 4.06. The van der Waals surface area contributed by atoms with Crippen LogP contribution >= 0.6 is 0 Å². The average Bonchev–Trinajstić information content (AvgIpc) is 2.50. The first-order valence-electron chi connectivity index (χ1n) is 5.21. The van der Waals surface area contributed by atoms with Gasteiger partial charge in [0.05, 0.1) is 5.69 Å². The fraction of sp³-hybridized carbons (Fsp3) is 0. The Kier molecular flexibility index (Phi) is 8.61. The van der Waals surface area contributed by atoms with Gasteiger partial charge in [-0.3, -0.25) is 4.98 Å². The quantitative estimate of drug-likeness (QED) is 0.831. The number of pyridine rings is 1. The Morgan fingerprint density at radius 2 is 1.68 bits per heavy atom. The van der Waals surface area contributed by atoms with Crippen LogP contribution in [0.2, 0.25) is 0 Å². The lowest BCUT2D eigenvalue weighted by molar-refractivity contribution is 1.31. The van der Waals surface area contributed by atoms with E-state index in [1.807, 2.05) is 36.5 Å². The Morgan fingerprint density at radius 3 is 2.11 bits per heavy atom. The topological polar surface area (TPSA) is 12.9 Å². The second-order valence-electron chi connectivity index (χ2n) is 3.25. The molecule has 0 saturated carbocycles. The third-order valence-electron chi connectivity index (χ3n) is 2.15. The summed E-state index contributed by atoms with van der Waals surface area (Å²) >= 11 is 8.89. The molecule has 0 saturated heterocycles. The first-order valence-corrected chi connectivity index (χ1v) is 10.5. The Hall–Kier alpha value is -0.790. The summed E-state index contributed by atoms with van der Waals surface area (Å²) in [5, 5.41) is 0. The molecule has 98 valence electrons. The van der Waals surface area contributed by atoms with E-state index >= 15 is 0 Å². The number of nitrogens with zero attached hydrogens (tertiary/aromatic N) is 1. The monoisotopic (exact) mass is 341 g/mol. The Labute approximate surface area is 131 Å². The number of hydrogen-bond acceptors (Lipinski definition) is 3. The van der Waals surface area contributed by atoms with Crippen molar-refractivity contribution < 1.29 is 0 Å². The Balaban J connectivity index is 0.000000312. The molecule has 1 nitrogen and oxygen atoms in total. The number of benzene rings is 1. The molecule has 0 radical (unpaired) electrons. The first-order chi connectivity index (χ1) is 9.31. The maximum atomic E-state index is 4.44.